The van der Waals surface area contributed by atoms with Crippen LogP contribution in [0.5, 0.6) is 5.75 Å². The maximum atomic E-state index is 12.7. The topological polar surface area (TPSA) is 226 Å². The minimum Gasteiger partial charge on any atom is -0.423 e. The van der Waals surface area contributed by atoms with Gasteiger partial charge in [-0.3, -0.25) is 4.79 Å². The van der Waals surface area contributed by atoms with Crippen LogP contribution in [0.4, 0.5) is 5.69 Å². The lowest BCUT2D eigenvalue weighted by Gasteiger charge is -2.25. The highest BCUT2D eigenvalue weighted by Crippen LogP contribution is 2.25. The third kappa shape index (κ3) is 6.61. The molecule has 0 aliphatic carbocycles. The molecule has 1 aromatic heterocycles. The Morgan fingerprint density at radius 3 is 2.27 bits per heavy atom. The summed E-state index contributed by atoms with van der Waals surface area (Å²) in [5.41, 5.74) is 12.2. The zero-order chi connectivity index (χ0) is 27.3. The molecule has 0 radical (unpaired) electrons. The molecule has 0 unspecified atom stereocenters. The van der Waals surface area contributed by atoms with E-state index in [4.69, 9.17) is 21.3 Å². The number of carbonyl (C=O) groups excluding carboxylic acids is 2. The molecule has 13 heteroatoms. The lowest BCUT2D eigenvalue weighted by atomic mass is 10.0. The Hall–Kier alpha value is -4.01. The summed E-state index contributed by atoms with van der Waals surface area (Å²) >= 11 is 0. The van der Waals surface area contributed by atoms with E-state index in [1.807, 2.05) is 0 Å². The van der Waals surface area contributed by atoms with Crippen molar-refractivity contribution in [1.82, 2.24) is 9.88 Å². The number of benzene rings is 2. The van der Waals surface area contributed by atoms with Crippen LogP contribution in [-0.4, -0.2) is 85.5 Å². The number of aliphatic hydroxyl groups is 5. The number of hydrogen-bond donors (Lipinski definition) is 8. The number of ether oxygens (including phenoxy) is 1. The second-order valence-corrected chi connectivity index (χ2v) is 8.29. The predicted molar refractivity (Wildman–Crippen MR) is 133 cm³/mol. The first-order valence-electron chi connectivity index (χ1n) is 11.1. The second-order valence-electron chi connectivity index (χ2n) is 8.29. The van der Waals surface area contributed by atoms with Crippen LogP contribution in [0.2, 0.25) is 0 Å². The molecular formula is C24H29N5O8. The van der Waals surface area contributed by atoms with Crippen molar-refractivity contribution < 1.29 is 39.9 Å². The summed E-state index contributed by atoms with van der Waals surface area (Å²) in [5.74, 6) is -1.05. The predicted octanol–water partition coefficient (Wildman–Crippen LogP) is -1.53. The van der Waals surface area contributed by atoms with Gasteiger partial charge in [-0.2, -0.15) is 0 Å². The zero-order valence-corrected chi connectivity index (χ0v) is 19.9. The van der Waals surface area contributed by atoms with Gasteiger partial charge in [0.25, 0.3) is 5.91 Å². The van der Waals surface area contributed by atoms with Gasteiger partial charge >= 0.3 is 5.97 Å². The number of rotatable bonds is 10. The standard InChI is InChI=1S/C24H29N5O8/c1-29-16-9-15(37-23(36)12-2-5-14(6-3-12)28-24(25)26)7-4-13(16)8-17(29)22(35)27-10-18(31)20(33)21(34)19(32)11-30/h2-9,18-21,30-34H,10-11H2,1H3,(H,27,35)(H4,25,26,28)/t18-,19+,20+,21+/m0/s1. The summed E-state index contributed by atoms with van der Waals surface area (Å²) < 4.78 is 7.00. The summed E-state index contributed by atoms with van der Waals surface area (Å²) in [6.45, 7) is -1.24. The highest BCUT2D eigenvalue weighted by atomic mass is 16.5. The van der Waals surface area contributed by atoms with E-state index in [1.54, 1.807) is 48.0 Å². The third-order valence-electron chi connectivity index (χ3n) is 5.62. The van der Waals surface area contributed by atoms with Crippen LogP contribution in [-0.2, 0) is 7.05 Å². The van der Waals surface area contributed by atoms with Crippen molar-refractivity contribution >= 4 is 34.4 Å². The van der Waals surface area contributed by atoms with E-state index in [1.165, 1.54) is 12.1 Å². The fourth-order valence-electron chi connectivity index (χ4n) is 3.55. The van der Waals surface area contributed by atoms with Gasteiger partial charge in [-0.15, -0.1) is 0 Å². The Morgan fingerprint density at radius 2 is 1.65 bits per heavy atom. The molecule has 3 rings (SSSR count). The van der Waals surface area contributed by atoms with Crippen molar-refractivity contribution in [3.05, 3.63) is 59.8 Å². The first-order chi connectivity index (χ1) is 17.5. The van der Waals surface area contributed by atoms with Gasteiger partial charge in [0.2, 0.25) is 0 Å². The fraction of sp³-hybridized carbons (Fsp3) is 0.292. The van der Waals surface area contributed by atoms with Gasteiger partial charge in [-0.05, 0) is 42.5 Å². The number of aliphatic imine (C=N–C) groups is 1. The SMILES string of the molecule is Cn1c(C(=O)NC[C@H](O)[C@@H](O)[C@H](O)[C@H](O)CO)cc2ccc(OC(=O)c3ccc(N=C(N)N)cc3)cc21. The molecule has 37 heavy (non-hydrogen) atoms. The Morgan fingerprint density at radius 1 is 1.00 bits per heavy atom. The average Bonchev–Trinajstić information content (AvgIpc) is 3.21. The van der Waals surface area contributed by atoms with E-state index in [2.05, 4.69) is 10.3 Å². The van der Waals surface area contributed by atoms with Crippen molar-refractivity contribution in [3.8, 4) is 5.75 Å². The normalized spacial score (nSPS) is 14.4. The van der Waals surface area contributed by atoms with Crippen LogP contribution < -0.4 is 21.5 Å². The van der Waals surface area contributed by atoms with Crippen LogP contribution in [0.15, 0.2) is 53.5 Å². The molecule has 3 aromatic rings. The molecule has 10 N–H and O–H groups in total. The number of fused-ring (bicyclic) bond motifs is 1. The van der Waals surface area contributed by atoms with Gasteiger partial charge < -0.3 is 51.6 Å². The van der Waals surface area contributed by atoms with Crippen molar-refractivity contribution in [2.45, 2.75) is 24.4 Å². The summed E-state index contributed by atoms with van der Waals surface area (Å²) in [6, 6.07) is 12.6. The van der Waals surface area contributed by atoms with Crippen molar-refractivity contribution in [2.75, 3.05) is 13.2 Å². The molecule has 0 aliphatic rings. The van der Waals surface area contributed by atoms with E-state index in [9.17, 15) is 30.0 Å². The maximum Gasteiger partial charge on any atom is 0.343 e. The van der Waals surface area contributed by atoms with Crippen molar-refractivity contribution in [2.24, 2.45) is 23.5 Å². The van der Waals surface area contributed by atoms with Gasteiger partial charge in [-0.1, -0.05) is 0 Å². The fourth-order valence-corrected chi connectivity index (χ4v) is 3.55. The number of aliphatic hydroxyl groups excluding tert-OH is 5. The molecule has 0 aliphatic heterocycles. The minimum absolute atomic E-state index is 0.107. The van der Waals surface area contributed by atoms with Gasteiger partial charge in [0.05, 0.1) is 29.5 Å². The number of amides is 1. The van der Waals surface area contributed by atoms with Gasteiger partial charge in [-0.25, -0.2) is 9.79 Å². The molecule has 0 spiro atoms. The van der Waals surface area contributed by atoms with E-state index >= 15 is 0 Å². The van der Waals surface area contributed by atoms with E-state index in [-0.39, 0.29) is 23.0 Å². The van der Waals surface area contributed by atoms with Gasteiger partial charge in [0.1, 0.15) is 29.8 Å². The average molecular weight is 516 g/mol. The van der Waals surface area contributed by atoms with Gasteiger partial charge in [0, 0.05) is 25.0 Å². The molecule has 0 fully saturated rings. The Bertz CT molecular complexity index is 1290. The summed E-state index contributed by atoms with van der Waals surface area (Å²) in [5, 5.41) is 51.0. The lowest BCUT2D eigenvalue weighted by Crippen LogP contribution is -2.49. The van der Waals surface area contributed by atoms with Crippen molar-refractivity contribution in [3.63, 3.8) is 0 Å². The molecule has 0 saturated heterocycles. The number of nitrogens with one attached hydrogen (secondary N) is 1. The van der Waals surface area contributed by atoms with Crippen LogP contribution in [0.3, 0.4) is 0 Å². The highest BCUT2D eigenvalue weighted by Gasteiger charge is 2.30. The molecule has 4 atom stereocenters. The molecule has 1 amide bonds. The lowest BCUT2D eigenvalue weighted by molar-refractivity contribution is -0.113. The summed E-state index contributed by atoms with van der Waals surface area (Å²) in [6.07, 6.45) is -6.85. The Kier molecular flexibility index (Phi) is 8.81. The first-order valence-corrected chi connectivity index (χ1v) is 11.1. The molecular weight excluding hydrogens is 486 g/mol. The summed E-state index contributed by atoms with van der Waals surface area (Å²) in [4.78, 5) is 29.1. The molecule has 0 bridgehead atoms. The number of nitrogens with zero attached hydrogens (tertiary/aromatic N) is 2. The Labute approximate surface area is 211 Å². The van der Waals surface area contributed by atoms with E-state index in [0.717, 1.165) is 0 Å². The van der Waals surface area contributed by atoms with Crippen LogP contribution in [0.25, 0.3) is 10.9 Å². The quantitative estimate of drug-likeness (QED) is 0.0672. The number of carbonyl (C=O) groups is 2. The number of esters is 1. The number of guanidine groups is 1. The van der Waals surface area contributed by atoms with Gasteiger partial charge in [0.15, 0.2) is 5.96 Å². The molecule has 198 valence electrons. The number of aromatic nitrogens is 1. The molecule has 13 nitrogen and oxygen atoms in total. The smallest absolute Gasteiger partial charge is 0.343 e. The monoisotopic (exact) mass is 515 g/mol. The zero-order valence-electron chi connectivity index (χ0n) is 19.9. The first kappa shape index (κ1) is 27.6. The van der Waals surface area contributed by atoms with Crippen LogP contribution >= 0.6 is 0 Å². The minimum atomic E-state index is -1.80. The van der Waals surface area contributed by atoms with Crippen molar-refractivity contribution in [1.29, 1.82) is 0 Å². The van der Waals surface area contributed by atoms with E-state index < -0.39 is 49.4 Å². The second kappa shape index (κ2) is 11.8. The maximum absolute atomic E-state index is 12.7. The third-order valence-corrected chi connectivity index (χ3v) is 5.62. The number of aryl methyl sites for hydroxylation is 1. The van der Waals surface area contributed by atoms with E-state index in [0.29, 0.717) is 16.6 Å². The summed E-state index contributed by atoms with van der Waals surface area (Å²) in [7, 11) is 1.62. The highest BCUT2D eigenvalue weighted by molar-refractivity contribution is 5.99. The molecule has 2 aromatic carbocycles. The molecule has 0 saturated carbocycles. The molecule has 1 heterocycles. The number of hydrogen-bond acceptors (Lipinski definition) is 9. The number of nitrogens with two attached hydrogens (primary N) is 2. The largest absolute Gasteiger partial charge is 0.423 e. The van der Waals surface area contributed by atoms with Crippen LogP contribution in [0, 0.1) is 0 Å². The Balaban J connectivity index is 1.68. The van der Waals surface area contributed by atoms with Crippen LogP contribution in [0.1, 0.15) is 20.8 Å².